The van der Waals surface area contributed by atoms with Crippen LogP contribution in [0.4, 0.5) is 13.2 Å². The second kappa shape index (κ2) is 5.54. The summed E-state index contributed by atoms with van der Waals surface area (Å²) in [6, 6.07) is 2.16. The monoisotopic (exact) mass is 342 g/mol. The summed E-state index contributed by atoms with van der Waals surface area (Å²) in [4.78, 5) is 24.0. The summed E-state index contributed by atoms with van der Waals surface area (Å²) in [5.41, 5.74) is -0.746. The Morgan fingerprint density at radius 2 is 2.00 bits per heavy atom. The lowest BCUT2D eigenvalue weighted by molar-refractivity contribution is -0.195. The fraction of sp³-hybridized carbons (Fsp3) is 0.375. The van der Waals surface area contributed by atoms with E-state index in [1.807, 2.05) is 6.92 Å². The van der Waals surface area contributed by atoms with Crippen LogP contribution in [0.5, 0.6) is 11.5 Å². The first-order valence-corrected chi connectivity index (χ1v) is 7.31. The lowest BCUT2D eigenvalue weighted by atomic mass is 9.95. The molecule has 0 saturated heterocycles. The summed E-state index contributed by atoms with van der Waals surface area (Å²) in [6.07, 6.45) is -6.81. The first-order valence-electron chi connectivity index (χ1n) is 7.31. The molecule has 0 spiro atoms. The maximum absolute atomic E-state index is 12.8. The van der Waals surface area contributed by atoms with Gasteiger partial charge in [-0.05, 0) is 12.0 Å². The number of benzene rings is 1. The molecule has 0 fully saturated rings. The standard InChI is InChI=1S/C16H13F3O5/c1-2-3-7-4-12(22)24-15-13(7)8(20)5-10-14(15)9(21)6-11(23-10)16(17,18)19/h4-5,11,20H,2-3,6H2,1H3. The molecular formula is C16H13F3O5. The molecule has 0 amide bonds. The average Bonchev–Trinajstić information content (AvgIpc) is 2.45. The van der Waals surface area contributed by atoms with E-state index in [-0.39, 0.29) is 16.5 Å². The number of aryl methyl sites for hydroxylation is 1. The molecule has 3 rings (SSSR count). The molecule has 5 nitrogen and oxygen atoms in total. The van der Waals surface area contributed by atoms with Crippen molar-refractivity contribution >= 4 is 16.8 Å². The first-order chi connectivity index (χ1) is 11.2. The third-order valence-electron chi connectivity index (χ3n) is 3.84. The Labute approximate surface area is 133 Å². The average molecular weight is 342 g/mol. The van der Waals surface area contributed by atoms with Gasteiger partial charge in [0, 0.05) is 12.1 Å². The van der Waals surface area contributed by atoms with Crippen LogP contribution in [0.1, 0.15) is 35.7 Å². The van der Waals surface area contributed by atoms with Crippen LogP contribution >= 0.6 is 0 Å². The Bertz CT molecular complexity index is 882. The molecule has 0 aliphatic carbocycles. The number of phenolic OH excluding ortho intramolecular Hbond substituents is 1. The van der Waals surface area contributed by atoms with E-state index in [1.165, 1.54) is 6.07 Å². The molecule has 1 aromatic heterocycles. The van der Waals surface area contributed by atoms with Gasteiger partial charge in [0.25, 0.3) is 0 Å². The van der Waals surface area contributed by atoms with E-state index in [0.29, 0.717) is 18.4 Å². The molecule has 1 aromatic carbocycles. The van der Waals surface area contributed by atoms with Crippen molar-refractivity contribution < 1.29 is 32.2 Å². The Morgan fingerprint density at radius 3 is 2.62 bits per heavy atom. The number of hydrogen-bond donors (Lipinski definition) is 1. The molecule has 1 atom stereocenters. The van der Waals surface area contributed by atoms with E-state index >= 15 is 0 Å². The van der Waals surface area contributed by atoms with Crippen molar-refractivity contribution in [3.05, 3.63) is 33.7 Å². The van der Waals surface area contributed by atoms with E-state index in [0.717, 1.165) is 6.07 Å². The first kappa shape index (κ1) is 16.4. The second-order valence-corrected chi connectivity index (χ2v) is 5.59. The highest BCUT2D eigenvalue weighted by molar-refractivity contribution is 6.11. The Morgan fingerprint density at radius 1 is 1.29 bits per heavy atom. The number of halogens is 3. The van der Waals surface area contributed by atoms with Crippen LogP contribution in [0, 0.1) is 0 Å². The molecule has 0 bridgehead atoms. The summed E-state index contributed by atoms with van der Waals surface area (Å²) < 4.78 is 48.4. The number of Topliss-reactive ketones (excluding diaryl/α,β-unsaturated/α-hetero) is 1. The minimum Gasteiger partial charge on any atom is -0.507 e. The van der Waals surface area contributed by atoms with Crippen molar-refractivity contribution in [1.82, 2.24) is 0 Å². The molecule has 128 valence electrons. The molecule has 2 heterocycles. The van der Waals surface area contributed by atoms with Gasteiger partial charge in [-0.2, -0.15) is 13.2 Å². The topological polar surface area (TPSA) is 76.7 Å². The second-order valence-electron chi connectivity index (χ2n) is 5.59. The predicted octanol–water partition coefficient (Wildman–Crippen LogP) is 3.35. The summed E-state index contributed by atoms with van der Waals surface area (Å²) in [6.45, 7) is 1.86. The zero-order valence-electron chi connectivity index (χ0n) is 12.6. The molecule has 8 heteroatoms. The van der Waals surface area contributed by atoms with Crippen LogP contribution in [0.2, 0.25) is 0 Å². The van der Waals surface area contributed by atoms with E-state index in [9.17, 15) is 27.9 Å². The zero-order valence-corrected chi connectivity index (χ0v) is 12.6. The van der Waals surface area contributed by atoms with Crippen LogP contribution in [0.3, 0.4) is 0 Å². The number of hydrogen-bond acceptors (Lipinski definition) is 5. The van der Waals surface area contributed by atoms with Crippen LogP contribution in [0.15, 0.2) is 21.3 Å². The fourth-order valence-electron chi connectivity index (χ4n) is 2.85. The predicted molar refractivity (Wildman–Crippen MR) is 77.6 cm³/mol. The van der Waals surface area contributed by atoms with Crippen LogP contribution in [-0.4, -0.2) is 23.2 Å². The van der Waals surface area contributed by atoms with E-state index in [2.05, 4.69) is 0 Å². The molecule has 0 saturated carbocycles. The van der Waals surface area contributed by atoms with Gasteiger partial charge < -0.3 is 14.3 Å². The van der Waals surface area contributed by atoms with E-state index in [4.69, 9.17) is 9.15 Å². The molecule has 24 heavy (non-hydrogen) atoms. The molecular weight excluding hydrogens is 329 g/mol. The lowest BCUT2D eigenvalue weighted by Crippen LogP contribution is -2.39. The minimum atomic E-state index is -4.72. The van der Waals surface area contributed by atoms with Gasteiger partial charge in [-0.25, -0.2) is 4.79 Å². The number of carbonyl (C=O) groups is 1. The fourth-order valence-corrected chi connectivity index (χ4v) is 2.85. The normalized spacial score (nSPS) is 17.7. The Kier molecular flexibility index (Phi) is 3.77. The van der Waals surface area contributed by atoms with Gasteiger partial charge >= 0.3 is 11.8 Å². The summed E-state index contributed by atoms with van der Waals surface area (Å²) in [5, 5.41) is 10.3. The number of rotatable bonds is 2. The van der Waals surface area contributed by atoms with E-state index in [1.54, 1.807) is 0 Å². The highest BCUT2D eigenvalue weighted by Crippen LogP contribution is 2.42. The number of ketones is 1. The highest BCUT2D eigenvalue weighted by atomic mass is 19.4. The molecule has 0 radical (unpaired) electrons. The van der Waals surface area contributed by atoms with Crippen LogP contribution < -0.4 is 10.4 Å². The SMILES string of the molecule is CCCc1cc(=O)oc2c3c(cc(O)c12)OC(C(F)(F)F)CC3=O. The smallest absolute Gasteiger partial charge is 0.425 e. The number of ether oxygens (including phenoxy) is 1. The zero-order chi connectivity index (χ0) is 17.6. The van der Waals surface area contributed by atoms with Crippen molar-refractivity contribution in [3.8, 4) is 11.5 Å². The largest absolute Gasteiger partial charge is 0.507 e. The molecule has 1 N–H and O–H groups in total. The summed E-state index contributed by atoms with van der Waals surface area (Å²) in [7, 11) is 0. The summed E-state index contributed by atoms with van der Waals surface area (Å²) >= 11 is 0. The molecule has 1 aliphatic rings. The number of carbonyl (C=O) groups excluding carboxylic acids is 1. The third-order valence-corrected chi connectivity index (χ3v) is 3.84. The number of alkyl halides is 3. The van der Waals surface area contributed by atoms with Gasteiger partial charge in [-0.3, -0.25) is 4.79 Å². The van der Waals surface area contributed by atoms with Gasteiger partial charge in [0.05, 0.1) is 11.8 Å². The van der Waals surface area contributed by atoms with Crippen molar-refractivity contribution in [2.75, 3.05) is 0 Å². The van der Waals surface area contributed by atoms with E-state index < -0.39 is 41.6 Å². The lowest BCUT2D eigenvalue weighted by Gasteiger charge is -2.27. The maximum atomic E-state index is 12.8. The quantitative estimate of drug-likeness (QED) is 0.847. The van der Waals surface area contributed by atoms with Gasteiger partial charge in [0.1, 0.15) is 17.1 Å². The highest BCUT2D eigenvalue weighted by Gasteiger charge is 2.47. The maximum Gasteiger partial charge on any atom is 0.425 e. The Balaban J connectivity index is 2.29. The van der Waals surface area contributed by atoms with Gasteiger partial charge in [0.2, 0.25) is 6.10 Å². The van der Waals surface area contributed by atoms with Crippen molar-refractivity contribution in [2.45, 2.75) is 38.5 Å². The van der Waals surface area contributed by atoms with Crippen molar-refractivity contribution in [2.24, 2.45) is 0 Å². The molecule has 2 aromatic rings. The van der Waals surface area contributed by atoms with Crippen LogP contribution in [-0.2, 0) is 6.42 Å². The van der Waals surface area contributed by atoms with Crippen molar-refractivity contribution in [3.63, 3.8) is 0 Å². The van der Waals surface area contributed by atoms with Crippen LogP contribution in [0.25, 0.3) is 11.0 Å². The third kappa shape index (κ3) is 2.61. The molecule has 1 aliphatic heterocycles. The number of aromatic hydroxyl groups is 1. The molecule has 1 unspecified atom stereocenters. The summed E-state index contributed by atoms with van der Waals surface area (Å²) in [5.74, 6) is -1.68. The minimum absolute atomic E-state index is 0.151. The number of fused-ring (bicyclic) bond motifs is 3. The van der Waals surface area contributed by atoms with Gasteiger partial charge in [0.15, 0.2) is 11.4 Å². The van der Waals surface area contributed by atoms with Gasteiger partial charge in [-0.15, -0.1) is 0 Å². The van der Waals surface area contributed by atoms with Gasteiger partial charge in [-0.1, -0.05) is 13.3 Å². The van der Waals surface area contributed by atoms with Crippen molar-refractivity contribution in [1.29, 1.82) is 0 Å². The Hall–Kier alpha value is -2.51. The number of phenols is 1.